The maximum atomic E-state index is 6.04. The van der Waals surface area contributed by atoms with Crippen LogP contribution in [0, 0.1) is 5.41 Å². The van der Waals surface area contributed by atoms with Crippen LogP contribution in [-0.4, -0.2) is 11.7 Å². The fraction of sp³-hybridized carbons (Fsp3) is 1.00. The summed E-state index contributed by atoms with van der Waals surface area (Å²) in [5.41, 5.74) is 0.477. The molecule has 0 radical (unpaired) electrons. The van der Waals surface area contributed by atoms with Crippen molar-refractivity contribution in [3.8, 4) is 0 Å². The molecular formula is C11H22O. The highest BCUT2D eigenvalue weighted by molar-refractivity contribution is 4.87. The standard InChI is InChI=1S/C11H22O/c1-9(10(2,3)4)12-11(5)7-6-8-11/h9H,6-8H2,1-5H3. The van der Waals surface area contributed by atoms with Crippen LogP contribution in [0.15, 0.2) is 0 Å². The third-order valence-corrected chi connectivity index (χ3v) is 3.09. The van der Waals surface area contributed by atoms with Crippen molar-refractivity contribution in [2.45, 2.75) is 65.6 Å². The molecule has 1 aliphatic carbocycles. The van der Waals surface area contributed by atoms with Gasteiger partial charge in [-0.3, -0.25) is 0 Å². The third-order valence-electron chi connectivity index (χ3n) is 3.09. The van der Waals surface area contributed by atoms with E-state index < -0.39 is 0 Å². The Morgan fingerprint density at radius 1 is 1.25 bits per heavy atom. The molecule has 1 nitrogen and oxygen atoms in total. The third kappa shape index (κ3) is 2.22. The molecular weight excluding hydrogens is 148 g/mol. The zero-order chi connectivity index (χ0) is 9.41. The second-order valence-electron chi connectivity index (χ2n) is 5.43. The normalized spacial score (nSPS) is 24.8. The molecule has 1 heteroatoms. The van der Waals surface area contributed by atoms with Crippen molar-refractivity contribution in [2.75, 3.05) is 0 Å². The van der Waals surface area contributed by atoms with Crippen LogP contribution >= 0.6 is 0 Å². The SMILES string of the molecule is CC(OC1(C)CCC1)C(C)(C)C. The van der Waals surface area contributed by atoms with Gasteiger partial charge < -0.3 is 4.74 Å². The number of ether oxygens (including phenoxy) is 1. The predicted octanol–water partition coefficient (Wildman–Crippen LogP) is 3.38. The van der Waals surface area contributed by atoms with Gasteiger partial charge in [0.05, 0.1) is 11.7 Å². The van der Waals surface area contributed by atoms with Crippen LogP contribution in [0.1, 0.15) is 53.9 Å². The van der Waals surface area contributed by atoms with Crippen LogP contribution in [0.3, 0.4) is 0 Å². The molecule has 12 heavy (non-hydrogen) atoms. The molecule has 1 aliphatic rings. The van der Waals surface area contributed by atoms with Gasteiger partial charge in [0.1, 0.15) is 0 Å². The lowest BCUT2D eigenvalue weighted by Crippen LogP contribution is -2.43. The van der Waals surface area contributed by atoms with Gasteiger partial charge >= 0.3 is 0 Å². The van der Waals surface area contributed by atoms with E-state index in [1.807, 2.05) is 0 Å². The van der Waals surface area contributed by atoms with Gasteiger partial charge in [0, 0.05) is 0 Å². The second kappa shape index (κ2) is 3.02. The Hall–Kier alpha value is -0.0400. The quantitative estimate of drug-likeness (QED) is 0.617. The lowest BCUT2D eigenvalue weighted by Gasteiger charge is -2.43. The summed E-state index contributed by atoms with van der Waals surface area (Å²) in [6.07, 6.45) is 4.19. The second-order valence-corrected chi connectivity index (χ2v) is 5.43. The summed E-state index contributed by atoms with van der Waals surface area (Å²) in [6.45, 7) is 11.1. The van der Waals surface area contributed by atoms with E-state index >= 15 is 0 Å². The summed E-state index contributed by atoms with van der Waals surface area (Å²) in [5.74, 6) is 0. The molecule has 0 N–H and O–H groups in total. The maximum absolute atomic E-state index is 6.04. The zero-order valence-electron chi connectivity index (χ0n) is 9.11. The van der Waals surface area contributed by atoms with E-state index in [1.165, 1.54) is 19.3 Å². The smallest absolute Gasteiger partial charge is 0.0658 e. The minimum atomic E-state index is 0.201. The minimum Gasteiger partial charge on any atom is -0.372 e. The molecule has 1 saturated carbocycles. The molecule has 0 aromatic heterocycles. The number of hydrogen-bond acceptors (Lipinski definition) is 1. The highest BCUT2D eigenvalue weighted by atomic mass is 16.5. The Morgan fingerprint density at radius 3 is 2.00 bits per heavy atom. The lowest BCUT2D eigenvalue weighted by atomic mass is 9.80. The van der Waals surface area contributed by atoms with E-state index in [4.69, 9.17) is 4.74 Å². The Morgan fingerprint density at radius 2 is 1.75 bits per heavy atom. The molecule has 1 fully saturated rings. The zero-order valence-corrected chi connectivity index (χ0v) is 9.11. The molecule has 0 heterocycles. The van der Waals surface area contributed by atoms with Gasteiger partial charge in [0.25, 0.3) is 0 Å². The van der Waals surface area contributed by atoms with Gasteiger partial charge in [0.15, 0.2) is 0 Å². The van der Waals surface area contributed by atoms with Gasteiger partial charge in [-0.1, -0.05) is 20.8 Å². The van der Waals surface area contributed by atoms with Crippen LogP contribution in [0.4, 0.5) is 0 Å². The Balaban J connectivity index is 2.40. The largest absolute Gasteiger partial charge is 0.372 e. The fourth-order valence-electron chi connectivity index (χ4n) is 1.40. The van der Waals surface area contributed by atoms with Gasteiger partial charge in [-0.25, -0.2) is 0 Å². The average molecular weight is 170 g/mol. The molecule has 0 bridgehead atoms. The van der Waals surface area contributed by atoms with Crippen molar-refractivity contribution >= 4 is 0 Å². The summed E-state index contributed by atoms with van der Waals surface area (Å²) in [7, 11) is 0. The van der Waals surface area contributed by atoms with Crippen molar-refractivity contribution in [2.24, 2.45) is 5.41 Å². The van der Waals surface area contributed by atoms with Crippen LogP contribution in [0.25, 0.3) is 0 Å². The van der Waals surface area contributed by atoms with Crippen LogP contribution in [0.5, 0.6) is 0 Å². The summed E-state index contributed by atoms with van der Waals surface area (Å²) in [5, 5.41) is 0. The monoisotopic (exact) mass is 170 g/mol. The number of hydrogen-bond donors (Lipinski definition) is 0. The van der Waals surface area contributed by atoms with Gasteiger partial charge in [-0.2, -0.15) is 0 Å². The van der Waals surface area contributed by atoms with E-state index in [-0.39, 0.29) is 11.0 Å². The van der Waals surface area contributed by atoms with Crippen LogP contribution in [0.2, 0.25) is 0 Å². The van der Waals surface area contributed by atoms with Crippen LogP contribution in [-0.2, 0) is 4.74 Å². The highest BCUT2D eigenvalue weighted by Crippen LogP contribution is 2.38. The summed E-state index contributed by atoms with van der Waals surface area (Å²) < 4.78 is 6.04. The molecule has 1 unspecified atom stereocenters. The van der Waals surface area contributed by atoms with E-state index in [1.54, 1.807) is 0 Å². The van der Waals surface area contributed by atoms with Crippen molar-refractivity contribution < 1.29 is 4.74 Å². The summed E-state index contributed by atoms with van der Waals surface area (Å²) in [6, 6.07) is 0. The predicted molar refractivity (Wildman–Crippen MR) is 52.3 cm³/mol. The Bertz CT molecular complexity index is 151. The highest BCUT2D eigenvalue weighted by Gasteiger charge is 2.36. The van der Waals surface area contributed by atoms with Gasteiger partial charge in [-0.05, 0) is 38.5 Å². The Kier molecular flexibility index (Phi) is 2.53. The first-order valence-corrected chi connectivity index (χ1v) is 5.01. The molecule has 0 spiro atoms. The van der Waals surface area contributed by atoms with E-state index in [0.29, 0.717) is 6.10 Å². The number of rotatable bonds is 2. The van der Waals surface area contributed by atoms with Gasteiger partial charge in [-0.15, -0.1) is 0 Å². The first-order valence-electron chi connectivity index (χ1n) is 5.01. The fourth-order valence-corrected chi connectivity index (χ4v) is 1.40. The van der Waals surface area contributed by atoms with Gasteiger partial charge in [0.2, 0.25) is 0 Å². The molecule has 72 valence electrons. The molecule has 0 aromatic carbocycles. The summed E-state index contributed by atoms with van der Waals surface area (Å²) in [4.78, 5) is 0. The van der Waals surface area contributed by atoms with E-state index in [9.17, 15) is 0 Å². The molecule has 1 atom stereocenters. The van der Waals surface area contributed by atoms with Crippen molar-refractivity contribution in [1.82, 2.24) is 0 Å². The average Bonchev–Trinajstić information content (AvgIpc) is 1.82. The minimum absolute atomic E-state index is 0.201. The topological polar surface area (TPSA) is 9.23 Å². The van der Waals surface area contributed by atoms with Crippen molar-refractivity contribution in [3.63, 3.8) is 0 Å². The van der Waals surface area contributed by atoms with Crippen molar-refractivity contribution in [1.29, 1.82) is 0 Å². The molecule has 0 amide bonds. The molecule has 1 rings (SSSR count). The van der Waals surface area contributed by atoms with Crippen LogP contribution < -0.4 is 0 Å². The maximum Gasteiger partial charge on any atom is 0.0658 e. The molecule has 0 saturated heterocycles. The molecule has 0 aliphatic heterocycles. The molecule has 0 aromatic rings. The lowest BCUT2D eigenvalue weighted by molar-refractivity contribution is -0.151. The summed E-state index contributed by atoms with van der Waals surface area (Å²) >= 11 is 0. The first kappa shape index (κ1) is 10.0. The van der Waals surface area contributed by atoms with E-state index in [2.05, 4.69) is 34.6 Å². The van der Waals surface area contributed by atoms with E-state index in [0.717, 1.165) is 0 Å². The first-order chi connectivity index (χ1) is 5.33. The van der Waals surface area contributed by atoms with Crippen molar-refractivity contribution in [3.05, 3.63) is 0 Å². The Labute approximate surface area is 76.5 Å².